The van der Waals surface area contributed by atoms with Crippen LogP contribution >= 0.6 is 0 Å². The Kier molecular flexibility index (Phi) is 3.50. The first-order valence-electron chi connectivity index (χ1n) is 8.50. The van der Waals surface area contributed by atoms with Gasteiger partial charge in [-0.25, -0.2) is 0 Å². The van der Waals surface area contributed by atoms with Gasteiger partial charge in [0, 0.05) is 12.5 Å². The standard InChI is InChI=1S/C18H24N4O/c1-13-19-20-17-18(23,15-8-10-21(2)11-9-15)16-6-4-3-5-14(16)7-12-22(13)17/h3-6,15,23H,7-12H2,1-2H3. The smallest absolute Gasteiger partial charge is 0.170 e. The molecule has 0 saturated carbocycles. The number of aromatic nitrogens is 3. The molecule has 5 nitrogen and oxygen atoms in total. The van der Waals surface area contributed by atoms with Gasteiger partial charge >= 0.3 is 0 Å². The number of fused-ring (bicyclic) bond motifs is 2. The van der Waals surface area contributed by atoms with Crippen molar-refractivity contribution in [3.63, 3.8) is 0 Å². The monoisotopic (exact) mass is 312 g/mol. The van der Waals surface area contributed by atoms with Crippen LogP contribution in [0, 0.1) is 12.8 Å². The van der Waals surface area contributed by atoms with Crippen molar-refractivity contribution in [2.45, 2.75) is 38.3 Å². The molecular weight excluding hydrogens is 288 g/mol. The molecule has 0 bridgehead atoms. The van der Waals surface area contributed by atoms with Crippen molar-refractivity contribution in [1.29, 1.82) is 0 Å². The quantitative estimate of drug-likeness (QED) is 0.871. The molecule has 1 unspecified atom stereocenters. The summed E-state index contributed by atoms with van der Waals surface area (Å²) in [4.78, 5) is 2.33. The molecule has 0 aliphatic carbocycles. The summed E-state index contributed by atoms with van der Waals surface area (Å²) < 4.78 is 2.11. The van der Waals surface area contributed by atoms with E-state index in [0.29, 0.717) is 0 Å². The third-order valence-electron chi connectivity index (χ3n) is 5.62. The summed E-state index contributed by atoms with van der Waals surface area (Å²) in [5.41, 5.74) is 1.23. The van der Waals surface area contributed by atoms with Crippen LogP contribution in [0.3, 0.4) is 0 Å². The van der Waals surface area contributed by atoms with E-state index in [9.17, 15) is 5.11 Å². The van der Waals surface area contributed by atoms with Gasteiger partial charge in [0.2, 0.25) is 0 Å². The van der Waals surface area contributed by atoms with Gasteiger partial charge in [-0.1, -0.05) is 24.3 Å². The van der Waals surface area contributed by atoms with Crippen molar-refractivity contribution in [2.75, 3.05) is 20.1 Å². The van der Waals surface area contributed by atoms with E-state index in [1.165, 1.54) is 5.56 Å². The van der Waals surface area contributed by atoms with Crippen molar-refractivity contribution in [1.82, 2.24) is 19.7 Å². The fraction of sp³-hybridized carbons (Fsp3) is 0.556. The first kappa shape index (κ1) is 14.8. The molecule has 1 atom stereocenters. The minimum atomic E-state index is -1.03. The zero-order valence-electron chi connectivity index (χ0n) is 13.9. The SMILES string of the molecule is Cc1nnc2n1CCc1ccccc1C2(O)C1CCN(C)CC1. The maximum Gasteiger partial charge on any atom is 0.170 e. The van der Waals surface area contributed by atoms with Gasteiger partial charge in [-0.15, -0.1) is 10.2 Å². The van der Waals surface area contributed by atoms with Crippen LogP contribution in [0.4, 0.5) is 0 Å². The second-order valence-electron chi connectivity index (χ2n) is 6.97. The van der Waals surface area contributed by atoms with Crippen molar-refractivity contribution < 1.29 is 5.11 Å². The Morgan fingerprint density at radius 1 is 1.13 bits per heavy atom. The van der Waals surface area contributed by atoms with Gasteiger partial charge in [0.1, 0.15) is 5.82 Å². The van der Waals surface area contributed by atoms with Crippen molar-refractivity contribution >= 4 is 0 Å². The van der Waals surface area contributed by atoms with Gasteiger partial charge in [0.15, 0.2) is 11.4 Å². The first-order chi connectivity index (χ1) is 11.1. The molecule has 3 heterocycles. The van der Waals surface area contributed by atoms with Crippen LogP contribution in [-0.4, -0.2) is 44.9 Å². The maximum absolute atomic E-state index is 11.9. The number of aryl methyl sites for hydroxylation is 2. The van der Waals surface area contributed by atoms with Crippen LogP contribution in [0.15, 0.2) is 24.3 Å². The average Bonchev–Trinajstić information content (AvgIpc) is 2.88. The van der Waals surface area contributed by atoms with E-state index in [1.54, 1.807) is 0 Å². The first-order valence-corrected chi connectivity index (χ1v) is 8.50. The Balaban J connectivity index is 1.89. The molecule has 4 rings (SSSR count). The molecule has 2 aromatic rings. The molecule has 2 aliphatic heterocycles. The summed E-state index contributed by atoms with van der Waals surface area (Å²) in [6, 6.07) is 8.31. The van der Waals surface area contributed by atoms with Gasteiger partial charge in [-0.05, 0) is 57.5 Å². The van der Waals surface area contributed by atoms with Crippen molar-refractivity contribution in [3.05, 3.63) is 47.0 Å². The molecule has 2 aliphatic rings. The Labute approximate surface area is 137 Å². The van der Waals surface area contributed by atoms with Gasteiger partial charge in [0.25, 0.3) is 0 Å². The predicted octanol–water partition coefficient (Wildman–Crippen LogP) is 1.72. The summed E-state index contributed by atoms with van der Waals surface area (Å²) in [5.74, 6) is 1.80. The third kappa shape index (κ3) is 2.22. The van der Waals surface area contributed by atoms with Crippen LogP contribution in [0.2, 0.25) is 0 Å². The number of hydrogen-bond donors (Lipinski definition) is 1. The molecule has 0 radical (unpaired) electrons. The highest BCUT2D eigenvalue weighted by molar-refractivity contribution is 5.40. The lowest BCUT2D eigenvalue weighted by atomic mass is 9.74. The normalized spacial score (nSPS) is 25.7. The molecule has 1 aromatic heterocycles. The van der Waals surface area contributed by atoms with E-state index < -0.39 is 5.60 Å². The number of benzene rings is 1. The number of nitrogens with zero attached hydrogens (tertiary/aromatic N) is 4. The molecule has 1 fully saturated rings. The Bertz CT molecular complexity index is 718. The molecular formula is C18H24N4O. The fourth-order valence-corrected chi connectivity index (χ4v) is 4.22. The average molecular weight is 312 g/mol. The lowest BCUT2D eigenvalue weighted by Crippen LogP contribution is -2.44. The zero-order valence-corrected chi connectivity index (χ0v) is 13.9. The van der Waals surface area contributed by atoms with Crippen molar-refractivity contribution in [3.8, 4) is 0 Å². The lowest BCUT2D eigenvalue weighted by molar-refractivity contribution is -0.0199. The zero-order chi connectivity index (χ0) is 16.0. The highest BCUT2D eigenvalue weighted by atomic mass is 16.3. The molecule has 0 spiro atoms. The predicted molar refractivity (Wildman–Crippen MR) is 88.1 cm³/mol. The second kappa shape index (κ2) is 5.42. The molecule has 1 aromatic carbocycles. The summed E-state index contributed by atoms with van der Waals surface area (Å²) in [6.07, 6.45) is 2.87. The number of rotatable bonds is 1. The number of hydrogen-bond acceptors (Lipinski definition) is 4. The van der Waals surface area contributed by atoms with Gasteiger partial charge in [0.05, 0.1) is 0 Å². The van der Waals surface area contributed by atoms with Gasteiger partial charge < -0.3 is 14.6 Å². The molecule has 122 valence electrons. The Hall–Kier alpha value is -1.72. The fourth-order valence-electron chi connectivity index (χ4n) is 4.22. The van der Waals surface area contributed by atoms with Crippen LogP contribution < -0.4 is 0 Å². The Morgan fingerprint density at radius 2 is 1.87 bits per heavy atom. The van der Waals surface area contributed by atoms with Crippen LogP contribution in [-0.2, 0) is 18.6 Å². The van der Waals surface area contributed by atoms with E-state index in [1.807, 2.05) is 13.0 Å². The number of likely N-dealkylation sites (tertiary alicyclic amines) is 1. The van der Waals surface area contributed by atoms with Crippen LogP contribution in [0.5, 0.6) is 0 Å². The van der Waals surface area contributed by atoms with E-state index in [4.69, 9.17) is 0 Å². The van der Waals surface area contributed by atoms with Gasteiger partial charge in [-0.2, -0.15) is 0 Å². The highest BCUT2D eigenvalue weighted by Gasteiger charge is 2.47. The lowest BCUT2D eigenvalue weighted by Gasteiger charge is -2.40. The van der Waals surface area contributed by atoms with Gasteiger partial charge in [-0.3, -0.25) is 0 Å². The van der Waals surface area contributed by atoms with E-state index in [-0.39, 0.29) is 5.92 Å². The highest BCUT2D eigenvalue weighted by Crippen LogP contribution is 2.44. The number of aliphatic hydroxyl groups is 1. The van der Waals surface area contributed by atoms with E-state index in [0.717, 1.165) is 56.1 Å². The largest absolute Gasteiger partial charge is 0.377 e. The summed E-state index contributed by atoms with van der Waals surface area (Å²) >= 11 is 0. The minimum absolute atomic E-state index is 0.181. The molecule has 1 saturated heterocycles. The number of piperidine rings is 1. The van der Waals surface area contributed by atoms with E-state index in [2.05, 4.69) is 44.9 Å². The molecule has 5 heteroatoms. The summed E-state index contributed by atoms with van der Waals surface area (Å²) in [5, 5.41) is 20.6. The van der Waals surface area contributed by atoms with Crippen LogP contribution in [0.1, 0.15) is 35.6 Å². The topological polar surface area (TPSA) is 54.2 Å². The molecule has 0 amide bonds. The third-order valence-corrected chi connectivity index (χ3v) is 5.62. The van der Waals surface area contributed by atoms with Crippen LogP contribution in [0.25, 0.3) is 0 Å². The summed E-state index contributed by atoms with van der Waals surface area (Å²) in [6.45, 7) is 4.84. The second-order valence-corrected chi connectivity index (χ2v) is 6.97. The van der Waals surface area contributed by atoms with Crippen molar-refractivity contribution in [2.24, 2.45) is 5.92 Å². The molecule has 1 N–H and O–H groups in total. The van der Waals surface area contributed by atoms with E-state index >= 15 is 0 Å². The summed E-state index contributed by atoms with van der Waals surface area (Å²) in [7, 11) is 2.15. The minimum Gasteiger partial charge on any atom is -0.377 e. The Morgan fingerprint density at radius 3 is 2.65 bits per heavy atom. The molecule has 23 heavy (non-hydrogen) atoms. The maximum atomic E-state index is 11.9.